The lowest BCUT2D eigenvalue weighted by molar-refractivity contribution is -0.121. The van der Waals surface area contributed by atoms with E-state index in [-0.39, 0.29) is 53.9 Å². The second-order valence-electron chi connectivity index (χ2n) is 6.36. The molecular formula is C16H28IN5O3S. The van der Waals surface area contributed by atoms with Crippen LogP contribution in [0.1, 0.15) is 18.5 Å². The van der Waals surface area contributed by atoms with Crippen molar-refractivity contribution in [3.63, 3.8) is 0 Å². The summed E-state index contributed by atoms with van der Waals surface area (Å²) >= 11 is 0. The van der Waals surface area contributed by atoms with Crippen molar-refractivity contribution >= 4 is 45.7 Å². The molecule has 0 aromatic carbocycles. The summed E-state index contributed by atoms with van der Waals surface area (Å²) in [6, 6.07) is 3.79. The van der Waals surface area contributed by atoms with Crippen molar-refractivity contribution in [2.24, 2.45) is 12.0 Å². The van der Waals surface area contributed by atoms with Crippen LogP contribution in [0.2, 0.25) is 0 Å². The first kappa shape index (κ1) is 22.7. The Labute approximate surface area is 172 Å². The molecule has 1 aromatic heterocycles. The number of hydrogen-bond acceptors (Lipinski definition) is 4. The molecule has 2 heterocycles. The van der Waals surface area contributed by atoms with E-state index in [1.54, 1.807) is 7.05 Å². The van der Waals surface area contributed by atoms with E-state index < -0.39 is 9.84 Å². The van der Waals surface area contributed by atoms with E-state index in [9.17, 15) is 13.2 Å². The van der Waals surface area contributed by atoms with Gasteiger partial charge >= 0.3 is 0 Å². The Hall–Kier alpha value is -1.30. The van der Waals surface area contributed by atoms with Crippen molar-refractivity contribution < 1.29 is 13.2 Å². The Morgan fingerprint density at radius 3 is 2.73 bits per heavy atom. The third-order valence-electron chi connectivity index (χ3n) is 4.26. The standard InChI is InChI=1S/C16H27N5O3S.HI/c1-17-16(21(3)11-14-5-4-9-20(14)2)18-8-6-15(22)19-13-7-10-25(23,24)12-13;/h4-5,9,13H,6-8,10-12H2,1-3H3,(H,17,18)(H,19,22);1H. The van der Waals surface area contributed by atoms with Gasteiger partial charge in [-0.2, -0.15) is 0 Å². The van der Waals surface area contributed by atoms with Gasteiger partial charge in [-0.25, -0.2) is 8.42 Å². The Morgan fingerprint density at radius 2 is 2.19 bits per heavy atom. The van der Waals surface area contributed by atoms with Crippen LogP contribution in [0.15, 0.2) is 23.3 Å². The van der Waals surface area contributed by atoms with E-state index in [4.69, 9.17) is 0 Å². The van der Waals surface area contributed by atoms with Crippen LogP contribution in [0.25, 0.3) is 0 Å². The van der Waals surface area contributed by atoms with Crippen molar-refractivity contribution in [1.82, 2.24) is 20.1 Å². The van der Waals surface area contributed by atoms with Crippen LogP contribution in [-0.4, -0.2) is 67.9 Å². The Kier molecular flexibility index (Phi) is 8.87. The highest BCUT2D eigenvalue weighted by molar-refractivity contribution is 14.0. The smallest absolute Gasteiger partial charge is 0.222 e. The number of aryl methyl sites for hydroxylation is 1. The topological polar surface area (TPSA) is 95.8 Å². The number of sulfone groups is 1. The summed E-state index contributed by atoms with van der Waals surface area (Å²) in [6.07, 6.45) is 2.77. The molecule has 1 amide bonds. The van der Waals surface area contributed by atoms with Gasteiger partial charge in [-0.15, -0.1) is 24.0 Å². The lowest BCUT2D eigenvalue weighted by atomic mass is 10.2. The summed E-state index contributed by atoms with van der Waals surface area (Å²) in [4.78, 5) is 18.2. The third kappa shape index (κ3) is 6.78. The summed E-state index contributed by atoms with van der Waals surface area (Å²) in [5.74, 6) is 0.771. The molecule has 2 rings (SSSR count). The van der Waals surface area contributed by atoms with E-state index in [0.29, 0.717) is 25.5 Å². The number of carbonyl (C=O) groups is 1. The van der Waals surface area contributed by atoms with E-state index in [2.05, 4.69) is 15.6 Å². The lowest BCUT2D eigenvalue weighted by Crippen LogP contribution is -2.41. The van der Waals surface area contributed by atoms with Crippen LogP contribution in [0.3, 0.4) is 0 Å². The first-order chi connectivity index (χ1) is 11.8. The molecule has 1 fully saturated rings. The summed E-state index contributed by atoms with van der Waals surface area (Å²) in [6.45, 7) is 1.14. The number of aromatic nitrogens is 1. The van der Waals surface area contributed by atoms with Gasteiger partial charge in [-0.1, -0.05) is 0 Å². The van der Waals surface area contributed by atoms with Gasteiger partial charge in [0.1, 0.15) is 0 Å². The molecule has 1 unspecified atom stereocenters. The molecule has 26 heavy (non-hydrogen) atoms. The fraction of sp³-hybridized carbons (Fsp3) is 0.625. The Morgan fingerprint density at radius 1 is 1.46 bits per heavy atom. The lowest BCUT2D eigenvalue weighted by Gasteiger charge is -2.22. The maximum Gasteiger partial charge on any atom is 0.222 e. The number of nitrogens with zero attached hydrogens (tertiary/aromatic N) is 3. The summed E-state index contributed by atoms with van der Waals surface area (Å²) in [5, 5.41) is 5.95. The van der Waals surface area contributed by atoms with Crippen molar-refractivity contribution in [2.45, 2.75) is 25.4 Å². The molecule has 1 aliphatic heterocycles. The highest BCUT2D eigenvalue weighted by Crippen LogP contribution is 2.11. The van der Waals surface area contributed by atoms with Crippen molar-refractivity contribution in [3.8, 4) is 0 Å². The highest BCUT2D eigenvalue weighted by atomic mass is 127. The largest absolute Gasteiger partial charge is 0.356 e. The minimum absolute atomic E-state index is 0. The highest BCUT2D eigenvalue weighted by Gasteiger charge is 2.28. The van der Waals surface area contributed by atoms with Crippen LogP contribution in [-0.2, 0) is 28.2 Å². The number of rotatable bonds is 6. The van der Waals surface area contributed by atoms with Gasteiger partial charge in [0.2, 0.25) is 5.91 Å². The number of carbonyl (C=O) groups excluding carboxylic acids is 1. The molecule has 0 aliphatic carbocycles. The van der Waals surface area contributed by atoms with Crippen molar-refractivity contribution in [2.75, 3.05) is 32.1 Å². The number of amides is 1. The van der Waals surface area contributed by atoms with Crippen molar-refractivity contribution in [1.29, 1.82) is 0 Å². The number of guanidine groups is 1. The molecule has 1 aromatic rings. The van der Waals surface area contributed by atoms with Gasteiger partial charge in [0.05, 0.1) is 18.1 Å². The first-order valence-electron chi connectivity index (χ1n) is 8.32. The molecule has 1 aliphatic rings. The molecule has 148 valence electrons. The van der Waals surface area contributed by atoms with Gasteiger partial charge in [0.15, 0.2) is 15.8 Å². The molecule has 1 saturated heterocycles. The third-order valence-corrected chi connectivity index (χ3v) is 6.02. The van der Waals surface area contributed by atoms with Gasteiger partial charge in [-0.05, 0) is 18.6 Å². The summed E-state index contributed by atoms with van der Waals surface area (Å²) in [5.41, 5.74) is 1.16. The SMILES string of the molecule is CN=C(NCCC(=O)NC1CCS(=O)(=O)C1)N(C)Cc1cccn1C.I. The number of nitrogens with one attached hydrogen (secondary N) is 2. The predicted molar refractivity (Wildman–Crippen MR) is 113 cm³/mol. The monoisotopic (exact) mass is 497 g/mol. The molecule has 10 heteroatoms. The average Bonchev–Trinajstić information content (AvgIpc) is 3.09. The summed E-state index contributed by atoms with van der Waals surface area (Å²) < 4.78 is 24.9. The molecular weight excluding hydrogens is 469 g/mol. The predicted octanol–water partition coefficient (Wildman–Crippen LogP) is 0.344. The number of hydrogen-bond donors (Lipinski definition) is 2. The number of aliphatic imine (C=N–C) groups is 1. The van der Waals surface area contributed by atoms with Crippen LogP contribution >= 0.6 is 24.0 Å². The second kappa shape index (κ2) is 10.1. The van der Waals surface area contributed by atoms with E-state index in [1.807, 2.05) is 41.9 Å². The minimum Gasteiger partial charge on any atom is -0.356 e. The molecule has 1 atom stereocenters. The van der Waals surface area contributed by atoms with Crippen molar-refractivity contribution in [3.05, 3.63) is 24.0 Å². The minimum atomic E-state index is -2.98. The average molecular weight is 497 g/mol. The first-order valence-corrected chi connectivity index (χ1v) is 10.1. The van der Waals surface area contributed by atoms with Gasteiger partial charge in [0.25, 0.3) is 0 Å². The number of halogens is 1. The summed E-state index contributed by atoms with van der Waals surface area (Å²) in [7, 11) is 2.65. The molecule has 8 nitrogen and oxygen atoms in total. The molecule has 0 bridgehead atoms. The zero-order valence-corrected chi connectivity index (χ0v) is 18.6. The molecule has 2 N–H and O–H groups in total. The van der Waals surface area contributed by atoms with Gasteiger partial charge in [0, 0.05) is 52.0 Å². The molecule has 0 saturated carbocycles. The quantitative estimate of drug-likeness (QED) is 0.336. The van der Waals surface area contributed by atoms with Crippen LogP contribution in [0.5, 0.6) is 0 Å². The maximum atomic E-state index is 11.9. The zero-order chi connectivity index (χ0) is 18.4. The van der Waals surface area contributed by atoms with Crippen LogP contribution in [0.4, 0.5) is 0 Å². The fourth-order valence-corrected chi connectivity index (χ4v) is 4.53. The zero-order valence-electron chi connectivity index (χ0n) is 15.4. The van der Waals surface area contributed by atoms with E-state index >= 15 is 0 Å². The molecule has 0 spiro atoms. The Balaban J connectivity index is 0.00000338. The Bertz CT molecular complexity index is 732. The van der Waals surface area contributed by atoms with Gasteiger partial charge in [-0.3, -0.25) is 9.79 Å². The van der Waals surface area contributed by atoms with Crippen LogP contribution < -0.4 is 10.6 Å². The molecule has 0 radical (unpaired) electrons. The van der Waals surface area contributed by atoms with E-state index in [0.717, 1.165) is 5.69 Å². The normalized spacial score (nSPS) is 18.9. The fourth-order valence-electron chi connectivity index (χ4n) is 2.86. The van der Waals surface area contributed by atoms with Gasteiger partial charge < -0.3 is 20.1 Å². The maximum absolute atomic E-state index is 11.9. The van der Waals surface area contributed by atoms with E-state index in [1.165, 1.54) is 0 Å². The van der Waals surface area contributed by atoms with Crippen LogP contribution in [0, 0.1) is 0 Å². The second-order valence-corrected chi connectivity index (χ2v) is 8.59.